The van der Waals surface area contributed by atoms with E-state index >= 15 is 0 Å². The van der Waals surface area contributed by atoms with Gasteiger partial charge in [0, 0.05) is 11.6 Å². The van der Waals surface area contributed by atoms with Crippen LogP contribution in [-0.2, 0) is 9.53 Å². The first kappa shape index (κ1) is 16.9. The lowest BCUT2D eigenvalue weighted by atomic mass is 10.1. The Morgan fingerprint density at radius 1 is 1.38 bits per heavy atom. The van der Waals surface area contributed by atoms with Crippen molar-refractivity contribution in [3.8, 4) is 5.75 Å². The number of benzene rings is 1. The van der Waals surface area contributed by atoms with Crippen molar-refractivity contribution in [2.45, 2.75) is 33.2 Å². The first-order chi connectivity index (χ1) is 9.69. The van der Waals surface area contributed by atoms with Gasteiger partial charge < -0.3 is 15.2 Å². The van der Waals surface area contributed by atoms with Crippen LogP contribution in [0.3, 0.4) is 0 Å². The Bertz CT molecular complexity index is 555. The third kappa shape index (κ3) is 4.16. The second-order valence-corrected chi connectivity index (χ2v) is 5.09. The summed E-state index contributed by atoms with van der Waals surface area (Å²) in [4.78, 5) is 22.1. The van der Waals surface area contributed by atoms with Crippen molar-refractivity contribution in [1.29, 1.82) is 0 Å². The van der Waals surface area contributed by atoms with Crippen LogP contribution in [0.15, 0.2) is 12.1 Å². The maximum absolute atomic E-state index is 11.7. The molecule has 21 heavy (non-hydrogen) atoms. The Labute approximate surface area is 123 Å². The third-order valence-corrected chi connectivity index (χ3v) is 2.96. The van der Waals surface area contributed by atoms with Gasteiger partial charge in [-0.2, -0.15) is 0 Å². The van der Waals surface area contributed by atoms with Crippen LogP contribution >= 0.6 is 0 Å². The molecule has 1 rings (SSSR count). The number of carbonyl (C=O) groups excluding carboxylic acids is 1. The summed E-state index contributed by atoms with van der Waals surface area (Å²) in [7, 11) is 0. The standard InChI is InChI=1S/C14H20N2O5/c1-5-20-13(17)14(4,15)8-21-12-7-9(2)11(16(18)19)6-10(12)3/h6-7H,5,8,15H2,1-4H3. The third-order valence-electron chi connectivity index (χ3n) is 2.96. The molecule has 0 bridgehead atoms. The Hall–Kier alpha value is -2.15. The van der Waals surface area contributed by atoms with E-state index < -0.39 is 16.4 Å². The summed E-state index contributed by atoms with van der Waals surface area (Å²) in [6.45, 7) is 6.68. The highest BCUT2D eigenvalue weighted by molar-refractivity contribution is 5.80. The molecule has 7 nitrogen and oxygen atoms in total. The molecule has 2 N–H and O–H groups in total. The molecule has 7 heteroatoms. The predicted molar refractivity (Wildman–Crippen MR) is 77.3 cm³/mol. The normalized spacial score (nSPS) is 13.4. The van der Waals surface area contributed by atoms with Gasteiger partial charge in [0.15, 0.2) is 0 Å². The summed E-state index contributed by atoms with van der Waals surface area (Å²) in [5.74, 6) is -0.0969. The van der Waals surface area contributed by atoms with Crippen molar-refractivity contribution < 1.29 is 19.2 Å². The number of nitrogens with zero attached hydrogens (tertiary/aromatic N) is 1. The summed E-state index contributed by atoms with van der Waals surface area (Å²) < 4.78 is 10.4. The van der Waals surface area contributed by atoms with Crippen LogP contribution in [0.25, 0.3) is 0 Å². The molecular formula is C14H20N2O5. The van der Waals surface area contributed by atoms with Gasteiger partial charge >= 0.3 is 5.97 Å². The highest BCUT2D eigenvalue weighted by Crippen LogP contribution is 2.28. The lowest BCUT2D eigenvalue weighted by Gasteiger charge is -2.23. The molecule has 0 fully saturated rings. The number of hydrogen-bond acceptors (Lipinski definition) is 6. The maximum atomic E-state index is 11.7. The molecule has 0 aliphatic rings. The van der Waals surface area contributed by atoms with Crippen molar-refractivity contribution in [1.82, 2.24) is 0 Å². The summed E-state index contributed by atoms with van der Waals surface area (Å²) in [5.41, 5.74) is 5.69. The topological polar surface area (TPSA) is 105 Å². The zero-order valence-corrected chi connectivity index (χ0v) is 12.6. The molecule has 0 aliphatic heterocycles. The highest BCUT2D eigenvalue weighted by atomic mass is 16.6. The van der Waals surface area contributed by atoms with Gasteiger partial charge in [0.1, 0.15) is 17.9 Å². The zero-order chi connectivity index (χ0) is 16.2. The van der Waals surface area contributed by atoms with E-state index in [9.17, 15) is 14.9 Å². The van der Waals surface area contributed by atoms with Gasteiger partial charge in [0.2, 0.25) is 0 Å². The number of nitrogens with two attached hydrogens (primary N) is 1. The lowest BCUT2D eigenvalue weighted by Crippen LogP contribution is -2.51. The molecule has 0 aliphatic carbocycles. The summed E-state index contributed by atoms with van der Waals surface area (Å²) in [6.07, 6.45) is 0. The molecule has 116 valence electrons. The van der Waals surface area contributed by atoms with E-state index in [4.69, 9.17) is 15.2 Å². The van der Waals surface area contributed by atoms with Gasteiger partial charge in [-0.05, 0) is 39.3 Å². The highest BCUT2D eigenvalue weighted by Gasteiger charge is 2.31. The van der Waals surface area contributed by atoms with Gasteiger partial charge in [-0.15, -0.1) is 0 Å². The van der Waals surface area contributed by atoms with E-state index in [1.165, 1.54) is 13.0 Å². The molecule has 0 saturated heterocycles. The second kappa shape index (κ2) is 6.53. The number of ether oxygens (including phenoxy) is 2. The van der Waals surface area contributed by atoms with E-state index in [2.05, 4.69) is 0 Å². The van der Waals surface area contributed by atoms with Gasteiger partial charge in [-0.1, -0.05) is 0 Å². The van der Waals surface area contributed by atoms with Crippen molar-refractivity contribution >= 4 is 11.7 Å². The molecule has 0 spiro atoms. The predicted octanol–water partition coefficient (Wildman–Crippen LogP) is 1.87. The summed E-state index contributed by atoms with van der Waals surface area (Å²) >= 11 is 0. The minimum absolute atomic E-state index is 0.0285. The van der Waals surface area contributed by atoms with Crippen molar-refractivity contribution in [2.24, 2.45) is 5.73 Å². The van der Waals surface area contributed by atoms with Crippen LogP contribution in [0, 0.1) is 24.0 Å². The summed E-state index contributed by atoms with van der Waals surface area (Å²) in [5, 5.41) is 10.8. The van der Waals surface area contributed by atoms with E-state index in [-0.39, 0.29) is 18.9 Å². The maximum Gasteiger partial charge on any atom is 0.329 e. The number of nitro benzene ring substituents is 1. The second-order valence-electron chi connectivity index (χ2n) is 5.09. The number of rotatable bonds is 6. The Morgan fingerprint density at radius 3 is 2.52 bits per heavy atom. The zero-order valence-electron chi connectivity index (χ0n) is 12.6. The van der Waals surface area contributed by atoms with Crippen LogP contribution in [-0.4, -0.2) is 29.6 Å². The molecular weight excluding hydrogens is 276 g/mol. The molecule has 0 radical (unpaired) electrons. The molecule has 1 unspecified atom stereocenters. The van der Waals surface area contributed by atoms with Crippen molar-refractivity contribution in [3.05, 3.63) is 33.4 Å². The minimum Gasteiger partial charge on any atom is -0.491 e. The SMILES string of the molecule is CCOC(=O)C(C)(N)COc1cc(C)c([N+](=O)[O-])cc1C. The molecule has 1 aromatic rings. The van der Waals surface area contributed by atoms with Gasteiger partial charge in [-0.3, -0.25) is 10.1 Å². The van der Waals surface area contributed by atoms with E-state index in [0.717, 1.165) is 0 Å². The smallest absolute Gasteiger partial charge is 0.329 e. The number of esters is 1. The van der Waals surface area contributed by atoms with Gasteiger partial charge in [0.05, 0.1) is 11.5 Å². The van der Waals surface area contributed by atoms with Crippen LogP contribution in [0.1, 0.15) is 25.0 Å². The molecule has 1 aromatic carbocycles. The van der Waals surface area contributed by atoms with Crippen LogP contribution in [0.2, 0.25) is 0 Å². The first-order valence-electron chi connectivity index (χ1n) is 6.53. The van der Waals surface area contributed by atoms with Crippen LogP contribution in [0.5, 0.6) is 5.75 Å². The van der Waals surface area contributed by atoms with Gasteiger partial charge in [-0.25, -0.2) is 4.79 Å². The summed E-state index contributed by atoms with van der Waals surface area (Å²) in [6, 6.07) is 3.00. The van der Waals surface area contributed by atoms with Crippen LogP contribution in [0.4, 0.5) is 5.69 Å². The minimum atomic E-state index is -1.28. The Kier molecular flexibility index (Phi) is 5.26. The largest absolute Gasteiger partial charge is 0.491 e. The van der Waals surface area contributed by atoms with E-state index in [1.807, 2.05) is 0 Å². The molecule has 0 saturated carbocycles. The molecule has 1 atom stereocenters. The first-order valence-corrected chi connectivity index (χ1v) is 6.53. The van der Waals surface area contributed by atoms with E-state index in [0.29, 0.717) is 16.9 Å². The molecule has 0 amide bonds. The van der Waals surface area contributed by atoms with Crippen molar-refractivity contribution in [3.63, 3.8) is 0 Å². The van der Waals surface area contributed by atoms with Crippen molar-refractivity contribution in [2.75, 3.05) is 13.2 Å². The Morgan fingerprint density at radius 2 is 2.00 bits per heavy atom. The van der Waals surface area contributed by atoms with E-state index in [1.54, 1.807) is 26.8 Å². The fourth-order valence-electron chi connectivity index (χ4n) is 1.71. The number of aryl methyl sites for hydroxylation is 2. The Balaban J connectivity index is 2.87. The average Bonchev–Trinajstić information content (AvgIpc) is 2.39. The number of hydrogen-bond donors (Lipinski definition) is 1. The quantitative estimate of drug-likeness (QED) is 0.488. The molecule has 0 heterocycles. The number of nitro groups is 1. The number of carbonyl (C=O) groups is 1. The lowest BCUT2D eigenvalue weighted by molar-refractivity contribution is -0.385. The fraction of sp³-hybridized carbons (Fsp3) is 0.500. The fourth-order valence-corrected chi connectivity index (χ4v) is 1.71. The van der Waals surface area contributed by atoms with Gasteiger partial charge in [0.25, 0.3) is 5.69 Å². The monoisotopic (exact) mass is 296 g/mol. The molecule has 0 aromatic heterocycles. The van der Waals surface area contributed by atoms with Crippen LogP contribution < -0.4 is 10.5 Å². The average molecular weight is 296 g/mol.